The summed E-state index contributed by atoms with van der Waals surface area (Å²) in [5, 5.41) is 101. The number of phenols is 4. The van der Waals surface area contributed by atoms with Crippen LogP contribution in [0.2, 0.25) is 0 Å². The van der Waals surface area contributed by atoms with E-state index in [0.717, 1.165) is 0 Å². The number of aromatic hydroxyl groups is 4. The van der Waals surface area contributed by atoms with E-state index in [0.29, 0.717) is 19.6 Å². The summed E-state index contributed by atoms with van der Waals surface area (Å²) in [6, 6.07) is 22.6. The molecule has 0 aliphatic rings. The molecule has 0 spiro atoms. The van der Waals surface area contributed by atoms with Crippen molar-refractivity contribution in [1.82, 2.24) is 4.90 Å². The van der Waals surface area contributed by atoms with Crippen molar-refractivity contribution in [1.29, 1.82) is 0 Å². The molecular weight excluding hydrogens is 710 g/mol. The van der Waals surface area contributed by atoms with Gasteiger partial charge < -0.3 is 75.3 Å². The maximum atomic E-state index is 10.2. The van der Waals surface area contributed by atoms with Crippen molar-refractivity contribution in [3.63, 3.8) is 0 Å². The molecule has 0 unspecified atom stereocenters. The first-order valence-electron chi connectivity index (χ1n) is 14.2. The van der Waals surface area contributed by atoms with Gasteiger partial charge in [-0.25, -0.2) is 0 Å². The Labute approximate surface area is 306 Å². The van der Waals surface area contributed by atoms with E-state index >= 15 is 0 Å². The Kier molecular flexibility index (Phi) is 25.5. The molecule has 0 fully saturated rings. The molecule has 0 radical (unpaired) electrons. The summed E-state index contributed by atoms with van der Waals surface area (Å²) in [4.78, 5) is 42.4. The summed E-state index contributed by atoms with van der Waals surface area (Å²) >= 11 is 0. The van der Waals surface area contributed by atoms with E-state index in [1.807, 2.05) is 0 Å². The molecule has 4 aromatic carbocycles. The first-order chi connectivity index (χ1) is 23.7. The van der Waals surface area contributed by atoms with E-state index in [2.05, 4.69) is 0 Å². The topological polar surface area (TPSA) is 305 Å². The van der Waals surface area contributed by atoms with Gasteiger partial charge in [-0.2, -0.15) is 0 Å². The fourth-order valence-corrected chi connectivity index (χ4v) is 3.34. The van der Waals surface area contributed by atoms with E-state index in [1.54, 1.807) is 29.2 Å². The van der Waals surface area contributed by atoms with Crippen molar-refractivity contribution in [2.45, 2.75) is 0 Å². The first-order valence-corrected chi connectivity index (χ1v) is 14.2. The van der Waals surface area contributed by atoms with E-state index in [4.69, 9.17) is 35.7 Å². The van der Waals surface area contributed by atoms with Crippen molar-refractivity contribution in [2.24, 2.45) is 0 Å². The third kappa shape index (κ3) is 19.9. The SMILES string of the molecule is O=C([O-])c1ccccc1O.O=C([O-])c1ccccc1O.O=C([O-])c1ccccc1O.O=C([O-])c1ccccc1O.OCCN(CCO)CCO.[Ti+4]. The van der Waals surface area contributed by atoms with Crippen LogP contribution in [0.25, 0.3) is 0 Å². The first kappa shape index (κ1) is 47.6. The van der Waals surface area contributed by atoms with Gasteiger partial charge in [-0.1, -0.05) is 48.5 Å². The summed E-state index contributed by atoms with van der Waals surface area (Å²) in [5.41, 5.74) is -0.713. The number of aliphatic hydroxyl groups is 3. The van der Waals surface area contributed by atoms with Crippen LogP contribution in [-0.2, 0) is 21.7 Å². The molecule has 270 valence electrons. The van der Waals surface area contributed by atoms with E-state index in [1.165, 1.54) is 72.8 Å². The number of carboxylic acid groups (broad SMARTS) is 4. The van der Waals surface area contributed by atoms with E-state index < -0.39 is 23.9 Å². The number of aromatic carboxylic acids is 4. The number of carbonyl (C=O) groups excluding carboxylic acids is 4. The molecule has 0 bridgehead atoms. The fraction of sp³-hybridized carbons (Fsp3) is 0.176. The maximum Gasteiger partial charge on any atom is 4.00 e. The number of aliphatic hydroxyl groups excluding tert-OH is 3. The zero-order valence-corrected chi connectivity index (χ0v) is 28.4. The van der Waals surface area contributed by atoms with Crippen LogP contribution in [0, 0.1) is 0 Å². The van der Waals surface area contributed by atoms with Gasteiger partial charge in [-0.05, 0) is 48.5 Å². The zero-order valence-electron chi connectivity index (χ0n) is 26.8. The summed E-state index contributed by atoms with van der Waals surface area (Å²) in [5.74, 6) is -6.50. The quantitative estimate of drug-likeness (QED) is 0.0812. The average molecular weight is 746 g/mol. The second-order valence-corrected chi connectivity index (χ2v) is 9.23. The second-order valence-electron chi connectivity index (χ2n) is 9.23. The molecule has 0 aromatic heterocycles. The Morgan fingerprint density at radius 1 is 0.412 bits per heavy atom. The minimum Gasteiger partial charge on any atom is -0.545 e. The molecule has 16 nitrogen and oxygen atoms in total. The van der Waals surface area contributed by atoms with Crippen molar-refractivity contribution in [3.05, 3.63) is 119 Å². The third-order valence-corrected chi connectivity index (χ3v) is 5.74. The molecule has 0 aliphatic heterocycles. The van der Waals surface area contributed by atoms with E-state index in [9.17, 15) is 39.6 Å². The molecule has 4 rings (SSSR count). The van der Waals surface area contributed by atoms with Crippen molar-refractivity contribution >= 4 is 23.9 Å². The minimum atomic E-state index is -1.36. The number of hydrogen-bond acceptors (Lipinski definition) is 16. The third-order valence-electron chi connectivity index (χ3n) is 5.74. The molecule has 17 heteroatoms. The Morgan fingerprint density at radius 3 is 0.706 bits per heavy atom. The summed E-state index contributed by atoms with van der Waals surface area (Å²) < 4.78 is 0. The Morgan fingerprint density at radius 2 is 0.588 bits per heavy atom. The van der Waals surface area contributed by atoms with Gasteiger partial charge in [0.15, 0.2) is 0 Å². The van der Waals surface area contributed by atoms with Crippen molar-refractivity contribution in [2.75, 3.05) is 39.5 Å². The Hall–Kier alpha value is -5.49. The van der Waals surface area contributed by atoms with Gasteiger partial charge in [0.1, 0.15) is 23.0 Å². The number of rotatable bonds is 10. The number of nitrogens with zero attached hydrogens (tertiary/aromatic N) is 1. The van der Waals surface area contributed by atoms with Crippen LogP contribution in [0.15, 0.2) is 97.1 Å². The number of carbonyl (C=O) groups is 4. The predicted octanol–water partition coefficient (Wildman–Crippen LogP) is -2.71. The van der Waals surface area contributed by atoms with Crippen LogP contribution >= 0.6 is 0 Å². The van der Waals surface area contributed by atoms with Crippen molar-refractivity contribution < 1.29 is 97.1 Å². The van der Waals surface area contributed by atoms with Crippen LogP contribution in [-0.4, -0.2) is 104 Å². The van der Waals surface area contributed by atoms with Crippen LogP contribution in [0.3, 0.4) is 0 Å². The number of benzene rings is 4. The summed E-state index contributed by atoms with van der Waals surface area (Å²) in [6.07, 6.45) is 0. The number of carboxylic acids is 4. The smallest absolute Gasteiger partial charge is 0.545 e. The minimum absolute atomic E-state index is 0. The number of hydrogen-bond donors (Lipinski definition) is 7. The van der Waals surface area contributed by atoms with E-state index in [-0.39, 0.29) is 86.8 Å². The molecule has 0 saturated heterocycles. The molecule has 51 heavy (non-hydrogen) atoms. The molecule has 0 atom stereocenters. The van der Waals surface area contributed by atoms with Gasteiger partial charge in [-0.3, -0.25) is 4.90 Å². The monoisotopic (exact) mass is 745 g/mol. The molecule has 0 heterocycles. The molecular formula is C34H35NO15Ti. The molecule has 4 aromatic rings. The average Bonchev–Trinajstić information content (AvgIpc) is 3.07. The summed E-state index contributed by atoms with van der Waals surface area (Å²) in [7, 11) is 0. The Bertz CT molecular complexity index is 1400. The van der Waals surface area contributed by atoms with Crippen LogP contribution in [0.4, 0.5) is 0 Å². The van der Waals surface area contributed by atoms with Crippen molar-refractivity contribution in [3.8, 4) is 23.0 Å². The molecule has 0 aliphatic carbocycles. The summed E-state index contributed by atoms with van der Waals surface area (Å²) in [6.45, 7) is 1.75. The standard InChI is InChI=1S/4C7H6O3.C6H15NO3.Ti/c4*8-6-4-2-1-3-5(6)7(9)10;8-4-1-7(2-5-9)3-6-10;/h4*1-4,8H,(H,9,10);8-10H,1-6H2;/q;;;;;+4/p-4. The molecule has 0 amide bonds. The van der Waals surface area contributed by atoms with Gasteiger partial charge >= 0.3 is 21.7 Å². The van der Waals surface area contributed by atoms with Gasteiger partial charge in [0.2, 0.25) is 0 Å². The van der Waals surface area contributed by atoms with Gasteiger partial charge in [0, 0.05) is 41.9 Å². The van der Waals surface area contributed by atoms with Crippen LogP contribution < -0.4 is 20.4 Å². The Balaban J connectivity index is 0. The zero-order chi connectivity index (χ0) is 38.1. The second kappa shape index (κ2) is 27.3. The van der Waals surface area contributed by atoms with Crippen LogP contribution in [0.1, 0.15) is 41.4 Å². The molecule has 0 saturated carbocycles. The van der Waals surface area contributed by atoms with Gasteiger partial charge in [0.25, 0.3) is 0 Å². The predicted molar refractivity (Wildman–Crippen MR) is 167 cm³/mol. The normalized spacial score (nSPS) is 9.33. The van der Waals surface area contributed by atoms with Gasteiger partial charge in [-0.15, -0.1) is 0 Å². The number of para-hydroxylation sites is 4. The van der Waals surface area contributed by atoms with Gasteiger partial charge in [0.05, 0.1) is 43.7 Å². The molecule has 7 N–H and O–H groups in total. The fourth-order valence-electron chi connectivity index (χ4n) is 3.34. The largest absolute Gasteiger partial charge is 4.00 e. The van der Waals surface area contributed by atoms with Crippen LogP contribution in [0.5, 0.6) is 23.0 Å². The maximum absolute atomic E-state index is 10.2.